The second kappa shape index (κ2) is 3.58. The number of ether oxygens (including phenoxy) is 1. The monoisotopic (exact) mass is 156 g/mol. The van der Waals surface area contributed by atoms with E-state index in [1.807, 2.05) is 20.8 Å². The van der Waals surface area contributed by atoms with Crippen molar-refractivity contribution in [1.82, 2.24) is 0 Å². The van der Waals surface area contributed by atoms with Crippen molar-refractivity contribution >= 4 is 17.3 Å². The lowest BCUT2D eigenvalue weighted by Gasteiger charge is -2.06. The molecule has 10 heavy (non-hydrogen) atoms. The van der Waals surface area contributed by atoms with Gasteiger partial charge in [-0.2, -0.15) is 0 Å². The summed E-state index contributed by atoms with van der Waals surface area (Å²) in [6.07, 6.45) is 0. The molecule has 0 aromatic rings. The summed E-state index contributed by atoms with van der Waals surface area (Å²) >= 11 is 4.73. The van der Waals surface area contributed by atoms with Crippen LogP contribution in [0.1, 0.15) is 20.8 Å². The number of methoxy groups -OCH3 is 1. The summed E-state index contributed by atoms with van der Waals surface area (Å²) in [6.45, 7) is 6.08. The van der Waals surface area contributed by atoms with Gasteiger partial charge in [-0.15, -0.1) is 0 Å². The quantitative estimate of drug-likeness (QED) is 0.392. The van der Waals surface area contributed by atoms with E-state index < -0.39 is 0 Å². The maximum atomic E-state index is 4.73. The Morgan fingerprint density at radius 3 is 2.20 bits per heavy atom. The van der Waals surface area contributed by atoms with Gasteiger partial charge in [-0.3, -0.25) is 0 Å². The van der Waals surface area contributed by atoms with Crippen LogP contribution in [0.25, 0.3) is 0 Å². The Hall–Kier alpha value is -0.550. The van der Waals surface area contributed by atoms with Crippen molar-refractivity contribution in [2.75, 3.05) is 7.11 Å². The first-order chi connectivity index (χ1) is 4.45. The van der Waals surface area contributed by atoms with E-state index >= 15 is 0 Å². The van der Waals surface area contributed by atoms with E-state index in [2.05, 4.69) is 11.8 Å². The van der Waals surface area contributed by atoms with Crippen LogP contribution in [-0.2, 0) is 4.74 Å². The van der Waals surface area contributed by atoms with E-state index in [-0.39, 0.29) is 5.41 Å². The molecule has 56 valence electrons. The van der Waals surface area contributed by atoms with Crippen LogP contribution in [0, 0.1) is 17.3 Å². The normalized spacial score (nSPS) is 9.60. The number of hydrogen-bond acceptors (Lipinski definition) is 2. The molecule has 2 heteroatoms. The molecule has 0 radical (unpaired) electrons. The predicted molar refractivity (Wildman–Crippen MR) is 46.8 cm³/mol. The molecule has 0 unspecified atom stereocenters. The third kappa shape index (κ3) is 5.58. The first-order valence-corrected chi connectivity index (χ1v) is 3.47. The standard InChI is InChI=1S/C8H12OS/c1-8(2,3)6-5-7(10)9-4/h1-4H3. The average molecular weight is 156 g/mol. The smallest absolute Gasteiger partial charge is 0.237 e. The highest BCUT2D eigenvalue weighted by Gasteiger charge is 2.03. The maximum absolute atomic E-state index is 4.73. The molecular formula is C8H12OS. The van der Waals surface area contributed by atoms with Gasteiger partial charge >= 0.3 is 0 Å². The molecule has 0 atom stereocenters. The van der Waals surface area contributed by atoms with Gasteiger partial charge in [0, 0.05) is 5.41 Å². The molecule has 1 nitrogen and oxygen atoms in total. The second-order valence-corrected chi connectivity index (χ2v) is 3.36. The maximum Gasteiger partial charge on any atom is 0.237 e. The molecule has 0 amide bonds. The average Bonchev–Trinajstić information content (AvgIpc) is 1.81. The Balaban J connectivity index is 4.05. The minimum atomic E-state index is 0.00257. The lowest BCUT2D eigenvalue weighted by Crippen LogP contribution is -2.01. The van der Waals surface area contributed by atoms with Crippen molar-refractivity contribution in [3.63, 3.8) is 0 Å². The fourth-order valence-electron chi connectivity index (χ4n) is 0.290. The van der Waals surface area contributed by atoms with E-state index in [9.17, 15) is 0 Å². The molecular weight excluding hydrogens is 144 g/mol. The Morgan fingerprint density at radius 1 is 1.40 bits per heavy atom. The van der Waals surface area contributed by atoms with Gasteiger partial charge in [0.25, 0.3) is 0 Å². The van der Waals surface area contributed by atoms with Crippen molar-refractivity contribution < 1.29 is 4.74 Å². The number of thiocarbonyl (C=S) groups is 1. The van der Waals surface area contributed by atoms with Crippen LogP contribution in [0.3, 0.4) is 0 Å². The van der Waals surface area contributed by atoms with Crippen molar-refractivity contribution in [3.05, 3.63) is 0 Å². The van der Waals surface area contributed by atoms with Gasteiger partial charge in [0.1, 0.15) is 0 Å². The van der Waals surface area contributed by atoms with E-state index in [1.165, 1.54) is 7.11 Å². The van der Waals surface area contributed by atoms with Crippen LogP contribution in [0.4, 0.5) is 0 Å². The molecule has 0 saturated carbocycles. The van der Waals surface area contributed by atoms with Gasteiger partial charge in [0.2, 0.25) is 5.05 Å². The molecule has 0 aromatic carbocycles. The first-order valence-electron chi connectivity index (χ1n) is 3.07. The SMILES string of the molecule is COC(=S)C#CC(C)(C)C. The van der Waals surface area contributed by atoms with E-state index in [0.29, 0.717) is 5.05 Å². The van der Waals surface area contributed by atoms with Gasteiger partial charge < -0.3 is 4.74 Å². The van der Waals surface area contributed by atoms with Gasteiger partial charge in [0.05, 0.1) is 7.11 Å². The fraction of sp³-hybridized carbons (Fsp3) is 0.625. The molecule has 0 spiro atoms. The Labute approximate surface area is 67.8 Å². The molecule has 0 rings (SSSR count). The number of hydrogen-bond donors (Lipinski definition) is 0. The van der Waals surface area contributed by atoms with Gasteiger partial charge in [-0.1, -0.05) is 5.92 Å². The van der Waals surface area contributed by atoms with Crippen LogP contribution in [-0.4, -0.2) is 12.2 Å². The third-order valence-electron chi connectivity index (χ3n) is 0.725. The molecule has 0 aliphatic carbocycles. The van der Waals surface area contributed by atoms with E-state index in [1.54, 1.807) is 0 Å². The summed E-state index contributed by atoms with van der Waals surface area (Å²) in [6, 6.07) is 0. The van der Waals surface area contributed by atoms with Crippen molar-refractivity contribution in [1.29, 1.82) is 0 Å². The summed E-state index contributed by atoms with van der Waals surface area (Å²) in [5.74, 6) is 5.69. The molecule has 0 bridgehead atoms. The Bertz CT molecular complexity index is 178. The van der Waals surface area contributed by atoms with Gasteiger partial charge in [-0.25, -0.2) is 0 Å². The molecule has 0 fully saturated rings. The minimum Gasteiger partial charge on any atom is -0.480 e. The lowest BCUT2D eigenvalue weighted by molar-refractivity contribution is 0.419. The Morgan fingerprint density at radius 2 is 1.90 bits per heavy atom. The fourth-order valence-corrected chi connectivity index (χ4v) is 0.341. The minimum absolute atomic E-state index is 0.00257. The van der Waals surface area contributed by atoms with E-state index in [0.717, 1.165) is 0 Å². The van der Waals surface area contributed by atoms with Crippen molar-refractivity contribution in [2.24, 2.45) is 5.41 Å². The highest BCUT2D eigenvalue weighted by atomic mass is 32.1. The van der Waals surface area contributed by atoms with Crippen molar-refractivity contribution in [2.45, 2.75) is 20.8 Å². The van der Waals surface area contributed by atoms with Crippen LogP contribution in [0.2, 0.25) is 0 Å². The number of rotatable bonds is 0. The molecule has 0 N–H and O–H groups in total. The summed E-state index contributed by atoms with van der Waals surface area (Å²) in [4.78, 5) is 0. The summed E-state index contributed by atoms with van der Waals surface area (Å²) < 4.78 is 4.70. The van der Waals surface area contributed by atoms with Crippen LogP contribution in [0.15, 0.2) is 0 Å². The zero-order chi connectivity index (χ0) is 8.20. The zero-order valence-electron chi connectivity index (χ0n) is 6.82. The first kappa shape index (κ1) is 9.45. The van der Waals surface area contributed by atoms with Crippen LogP contribution >= 0.6 is 12.2 Å². The van der Waals surface area contributed by atoms with E-state index in [4.69, 9.17) is 17.0 Å². The van der Waals surface area contributed by atoms with Gasteiger partial charge in [-0.05, 0) is 38.9 Å². The summed E-state index contributed by atoms with van der Waals surface area (Å²) in [7, 11) is 1.53. The topological polar surface area (TPSA) is 9.23 Å². The molecule has 0 heterocycles. The van der Waals surface area contributed by atoms with Crippen LogP contribution < -0.4 is 0 Å². The Kier molecular flexibility index (Phi) is 3.38. The predicted octanol–water partition coefficient (Wildman–Crippen LogP) is 2.01. The molecule has 0 saturated heterocycles. The van der Waals surface area contributed by atoms with Crippen LogP contribution in [0.5, 0.6) is 0 Å². The summed E-state index contributed by atoms with van der Waals surface area (Å²) in [5.41, 5.74) is 0.00257. The zero-order valence-corrected chi connectivity index (χ0v) is 7.63. The molecule has 0 aromatic heterocycles. The largest absolute Gasteiger partial charge is 0.480 e. The van der Waals surface area contributed by atoms with Gasteiger partial charge in [0.15, 0.2) is 0 Å². The summed E-state index contributed by atoms with van der Waals surface area (Å²) in [5, 5.41) is 0.356. The lowest BCUT2D eigenvalue weighted by atomic mass is 9.98. The highest BCUT2D eigenvalue weighted by Crippen LogP contribution is 2.09. The second-order valence-electron chi connectivity index (χ2n) is 2.99. The highest BCUT2D eigenvalue weighted by molar-refractivity contribution is 7.80. The third-order valence-corrected chi connectivity index (χ3v) is 0.994. The molecule has 0 aliphatic rings. The van der Waals surface area contributed by atoms with Crippen molar-refractivity contribution in [3.8, 4) is 11.8 Å². The molecule has 0 aliphatic heterocycles.